The highest BCUT2D eigenvalue weighted by atomic mass is 79.9. The Morgan fingerprint density at radius 3 is 2.55 bits per heavy atom. The van der Waals surface area contributed by atoms with Gasteiger partial charge < -0.3 is 5.32 Å². The van der Waals surface area contributed by atoms with Crippen LogP contribution in [0.4, 0.5) is 0 Å². The number of halogens is 1. The first-order chi connectivity index (χ1) is 9.29. The van der Waals surface area contributed by atoms with Gasteiger partial charge in [0.1, 0.15) is 0 Å². The van der Waals surface area contributed by atoms with E-state index in [1.165, 1.54) is 11.8 Å². The molecule has 0 radical (unpaired) electrons. The summed E-state index contributed by atoms with van der Waals surface area (Å²) >= 11 is 5.07. The molecule has 1 aromatic heterocycles. The summed E-state index contributed by atoms with van der Waals surface area (Å²) in [4.78, 5) is 26.6. The minimum atomic E-state index is -0.396. The molecule has 112 valence electrons. The van der Waals surface area contributed by atoms with Crippen molar-refractivity contribution in [1.29, 1.82) is 0 Å². The van der Waals surface area contributed by atoms with E-state index in [0.29, 0.717) is 0 Å². The zero-order valence-corrected chi connectivity index (χ0v) is 14.7. The Bertz CT molecular complexity index is 473. The molecule has 0 aliphatic heterocycles. The van der Waals surface area contributed by atoms with Gasteiger partial charge in [0, 0.05) is 21.3 Å². The lowest BCUT2D eigenvalue weighted by Crippen LogP contribution is -2.46. The highest BCUT2D eigenvalue weighted by molar-refractivity contribution is 9.10. The van der Waals surface area contributed by atoms with Gasteiger partial charge in [0.05, 0.1) is 12.6 Å². The van der Waals surface area contributed by atoms with E-state index >= 15 is 0 Å². The van der Waals surface area contributed by atoms with Gasteiger partial charge in [0.25, 0.3) is 0 Å². The summed E-state index contributed by atoms with van der Waals surface area (Å²) in [6.45, 7) is 6.37. The first-order valence-electron chi connectivity index (χ1n) is 6.51. The smallest absolute Gasteiger partial charge is 0.234 e. The molecule has 0 spiro atoms. The molecule has 1 aromatic rings. The standard InChI is InChI=1S/C14H21BrN2O2S/c1-9(2)14(10(3)18)16-13(19)7-17(4)6-12-5-11(15)8-20-12/h5,8-9,14H,6-7H2,1-4H3,(H,16,19). The normalized spacial score (nSPS) is 12.8. The summed E-state index contributed by atoms with van der Waals surface area (Å²) in [5.74, 6) is -0.00906. The van der Waals surface area contributed by atoms with Gasteiger partial charge in [0.15, 0.2) is 5.78 Å². The van der Waals surface area contributed by atoms with Crippen molar-refractivity contribution < 1.29 is 9.59 Å². The number of hydrogen-bond acceptors (Lipinski definition) is 4. The Labute approximate surface area is 132 Å². The Hall–Kier alpha value is -0.720. The summed E-state index contributed by atoms with van der Waals surface area (Å²) in [6.07, 6.45) is 0. The van der Waals surface area contributed by atoms with Crippen molar-refractivity contribution in [1.82, 2.24) is 10.2 Å². The van der Waals surface area contributed by atoms with Crippen LogP contribution < -0.4 is 5.32 Å². The zero-order chi connectivity index (χ0) is 15.3. The van der Waals surface area contributed by atoms with Crippen LogP contribution in [0.25, 0.3) is 0 Å². The Balaban J connectivity index is 2.46. The third kappa shape index (κ3) is 5.73. The van der Waals surface area contributed by atoms with E-state index in [0.717, 1.165) is 11.0 Å². The van der Waals surface area contributed by atoms with E-state index in [1.54, 1.807) is 11.3 Å². The molecule has 0 saturated carbocycles. The summed E-state index contributed by atoms with van der Waals surface area (Å²) < 4.78 is 1.06. The molecule has 4 nitrogen and oxygen atoms in total. The van der Waals surface area contributed by atoms with Gasteiger partial charge in [-0.05, 0) is 41.9 Å². The van der Waals surface area contributed by atoms with Crippen molar-refractivity contribution >= 4 is 39.0 Å². The quantitative estimate of drug-likeness (QED) is 0.812. The largest absolute Gasteiger partial charge is 0.345 e. The Kier molecular flexibility index (Phi) is 6.85. The third-order valence-electron chi connectivity index (χ3n) is 2.88. The summed E-state index contributed by atoms with van der Waals surface area (Å²) in [7, 11) is 1.89. The summed E-state index contributed by atoms with van der Waals surface area (Å²) in [5.41, 5.74) is 0. The minimum Gasteiger partial charge on any atom is -0.345 e. The first-order valence-corrected chi connectivity index (χ1v) is 8.18. The fourth-order valence-corrected chi connectivity index (χ4v) is 3.49. The molecular weight excluding hydrogens is 340 g/mol. The molecule has 20 heavy (non-hydrogen) atoms. The zero-order valence-electron chi connectivity index (χ0n) is 12.3. The van der Waals surface area contributed by atoms with Crippen LogP contribution in [-0.2, 0) is 16.1 Å². The predicted molar refractivity (Wildman–Crippen MR) is 85.8 cm³/mol. The molecule has 1 N–H and O–H groups in total. The number of nitrogens with one attached hydrogen (secondary N) is 1. The van der Waals surface area contributed by atoms with Gasteiger partial charge >= 0.3 is 0 Å². The molecule has 1 atom stereocenters. The van der Waals surface area contributed by atoms with E-state index in [-0.39, 0.29) is 24.2 Å². The lowest BCUT2D eigenvalue weighted by Gasteiger charge is -2.21. The average molecular weight is 361 g/mol. The number of thiophene rings is 1. The number of ketones is 1. The van der Waals surface area contributed by atoms with E-state index in [4.69, 9.17) is 0 Å². The number of Topliss-reactive ketones (excluding diaryl/α,β-unsaturated/α-hetero) is 1. The van der Waals surface area contributed by atoms with Crippen molar-refractivity contribution in [2.75, 3.05) is 13.6 Å². The molecule has 1 amide bonds. The second kappa shape index (κ2) is 7.90. The van der Waals surface area contributed by atoms with Crippen LogP contribution in [0.5, 0.6) is 0 Å². The van der Waals surface area contributed by atoms with Crippen LogP contribution in [0.2, 0.25) is 0 Å². The molecule has 0 bridgehead atoms. The first kappa shape index (κ1) is 17.3. The fraction of sp³-hybridized carbons (Fsp3) is 0.571. The average Bonchev–Trinajstić information content (AvgIpc) is 2.70. The predicted octanol–water partition coefficient (Wildman–Crippen LogP) is 2.67. The number of hydrogen-bond donors (Lipinski definition) is 1. The minimum absolute atomic E-state index is 0.00168. The number of rotatable bonds is 7. The van der Waals surface area contributed by atoms with Gasteiger partial charge in [-0.1, -0.05) is 13.8 Å². The SMILES string of the molecule is CC(=O)C(NC(=O)CN(C)Cc1cc(Br)cs1)C(C)C. The second-order valence-corrected chi connectivity index (χ2v) is 7.21. The van der Waals surface area contributed by atoms with Gasteiger partial charge in [-0.3, -0.25) is 14.5 Å². The second-order valence-electron chi connectivity index (χ2n) is 5.30. The molecule has 0 aromatic carbocycles. The van der Waals surface area contributed by atoms with Gasteiger partial charge in [0.2, 0.25) is 5.91 Å². The third-order valence-corrected chi connectivity index (χ3v) is 4.56. The Morgan fingerprint density at radius 2 is 2.10 bits per heavy atom. The maximum Gasteiger partial charge on any atom is 0.234 e. The van der Waals surface area contributed by atoms with Crippen molar-refractivity contribution in [2.45, 2.75) is 33.4 Å². The van der Waals surface area contributed by atoms with Crippen LogP contribution >= 0.6 is 27.3 Å². The van der Waals surface area contributed by atoms with Crippen molar-refractivity contribution in [3.63, 3.8) is 0 Å². The lowest BCUT2D eigenvalue weighted by atomic mass is 10.0. The summed E-state index contributed by atoms with van der Waals surface area (Å²) in [5, 5.41) is 4.82. The van der Waals surface area contributed by atoms with Gasteiger partial charge in [-0.15, -0.1) is 11.3 Å². The van der Waals surface area contributed by atoms with Crippen LogP contribution in [0.15, 0.2) is 15.9 Å². The van der Waals surface area contributed by atoms with E-state index < -0.39 is 6.04 Å². The van der Waals surface area contributed by atoms with Crippen LogP contribution in [0.1, 0.15) is 25.6 Å². The number of nitrogens with zero attached hydrogens (tertiary/aromatic N) is 1. The van der Waals surface area contributed by atoms with Crippen molar-refractivity contribution in [3.8, 4) is 0 Å². The summed E-state index contributed by atoms with van der Waals surface area (Å²) in [6, 6.07) is 1.65. The Morgan fingerprint density at radius 1 is 1.45 bits per heavy atom. The number of carbonyl (C=O) groups excluding carboxylic acids is 2. The maximum absolute atomic E-state index is 12.0. The maximum atomic E-state index is 12.0. The van der Waals surface area contributed by atoms with Gasteiger partial charge in [-0.25, -0.2) is 0 Å². The molecule has 0 aliphatic carbocycles. The molecular formula is C14H21BrN2O2S. The molecule has 1 rings (SSSR count). The molecule has 0 saturated heterocycles. The van der Waals surface area contributed by atoms with Crippen LogP contribution in [-0.4, -0.2) is 36.2 Å². The highest BCUT2D eigenvalue weighted by Crippen LogP contribution is 2.20. The lowest BCUT2D eigenvalue weighted by molar-refractivity contribution is -0.128. The number of carbonyl (C=O) groups is 2. The fourth-order valence-electron chi connectivity index (χ4n) is 1.96. The van der Waals surface area contributed by atoms with Crippen LogP contribution in [0, 0.1) is 5.92 Å². The van der Waals surface area contributed by atoms with E-state index in [1.807, 2.05) is 37.2 Å². The molecule has 0 aliphatic rings. The monoisotopic (exact) mass is 360 g/mol. The van der Waals surface area contributed by atoms with Crippen LogP contribution in [0.3, 0.4) is 0 Å². The molecule has 6 heteroatoms. The van der Waals surface area contributed by atoms with Crippen molar-refractivity contribution in [2.24, 2.45) is 5.92 Å². The molecule has 1 heterocycles. The number of likely N-dealkylation sites (N-methyl/N-ethyl adjacent to an activating group) is 1. The molecule has 0 fully saturated rings. The van der Waals surface area contributed by atoms with E-state index in [9.17, 15) is 9.59 Å². The number of amides is 1. The van der Waals surface area contributed by atoms with E-state index in [2.05, 4.69) is 21.2 Å². The van der Waals surface area contributed by atoms with Gasteiger partial charge in [-0.2, -0.15) is 0 Å². The molecule has 1 unspecified atom stereocenters. The highest BCUT2D eigenvalue weighted by Gasteiger charge is 2.21. The van der Waals surface area contributed by atoms with Crippen molar-refractivity contribution in [3.05, 3.63) is 20.8 Å². The topological polar surface area (TPSA) is 49.4 Å².